The van der Waals surface area contributed by atoms with Gasteiger partial charge in [0.25, 0.3) is 0 Å². The molecule has 0 bridgehead atoms. The smallest absolute Gasteiger partial charge is 0.239 e. The number of hydrogen-bond donors (Lipinski definition) is 1. The van der Waals surface area contributed by atoms with Crippen molar-refractivity contribution in [1.29, 1.82) is 0 Å². The zero-order valence-electron chi connectivity index (χ0n) is 12.2. The monoisotopic (exact) mass is 277 g/mol. The number of ether oxygens (including phenoxy) is 2. The largest absolute Gasteiger partial charge is 0.476 e. The molecular weight excluding hydrogens is 254 g/mol. The molecule has 1 aromatic rings. The van der Waals surface area contributed by atoms with Gasteiger partial charge in [0.05, 0.1) is 24.5 Å². The maximum atomic E-state index is 5.95. The summed E-state index contributed by atoms with van der Waals surface area (Å²) < 4.78 is 11.5. The van der Waals surface area contributed by atoms with Crippen molar-refractivity contribution in [3.63, 3.8) is 0 Å². The molecule has 1 saturated carbocycles. The summed E-state index contributed by atoms with van der Waals surface area (Å²) in [7, 11) is 0. The van der Waals surface area contributed by atoms with Crippen LogP contribution < -0.4 is 15.4 Å². The molecule has 2 heterocycles. The Balaban J connectivity index is 1.73. The predicted molar refractivity (Wildman–Crippen MR) is 79.1 cm³/mol. The molecule has 3 rings (SSSR count). The Morgan fingerprint density at radius 3 is 2.65 bits per heavy atom. The molecular formula is C15H23N3O2. The topological polar surface area (TPSA) is 60.6 Å². The van der Waals surface area contributed by atoms with E-state index in [1.165, 1.54) is 12.8 Å². The summed E-state index contributed by atoms with van der Waals surface area (Å²) in [5, 5.41) is 0. The first-order valence-electron chi connectivity index (χ1n) is 7.41. The van der Waals surface area contributed by atoms with E-state index in [-0.39, 0.29) is 12.2 Å². The Kier molecular flexibility index (Phi) is 3.70. The van der Waals surface area contributed by atoms with Crippen LogP contribution in [0.3, 0.4) is 0 Å². The van der Waals surface area contributed by atoms with Gasteiger partial charge in [-0.15, -0.1) is 0 Å². The van der Waals surface area contributed by atoms with Crippen molar-refractivity contribution in [2.24, 2.45) is 5.92 Å². The van der Waals surface area contributed by atoms with Gasteiger partial charge in [-0.2, -0.15) is 4.98 Å². The highest BCUT2D eigenvalue weighted by atomic mass is 16.5. The summed E-state index contributed by atoms with van der Waals surface area (Å²) in [5.41, 5.74) is 6.56. The van der Waals surface area contributed by atoms with E-state index in [1.54, 1.807) is 0 Å². The summed E-state index contributed by atoms with van der Waals surface area (Å²) in [6.45, 7) is 6.61. The molecule has 2 atom stereocenters. The first kappa shape index (κ1) is 13.5. The minimum atomic E-state index is 0.217. The van der Waals surface area contributed by atoms with Crippen LogP contribution in [0.1, 0.15) is 26.7 Å². The second-order valence-electron chi connectivity index (χ2n) is 5.98. The lowest BCUT2D eigenvalue weighted by atomic mass is 10.2. The molecule has 0 amide bonds. The highest BCUT2D eigenvalue weighted by Gasteiger charge is 2.25. The normalized spacial score (nSPS) is 26.6. The van der Waals surface area contributed by atoms with Gasteiger partial charge in [-0.05, 0) is 44.7 Å². The SMILES string of the molecule is CC1CN(c2ccc(N)c(OCC3CC3)n2)CC(C)O1. The Morgan fingerprint density at radius 1 is 1.30 bits per heavy atom. The molecule has 1 aromatic heterocycles. The Hall–Kier alpha value is -1.49. The van der Waals surface area contributed by atoms with Crippen molar-refractivity contribution in [2.45, 2.75) is 38.9 Å². The van der Waals surface area contributed by atoms with Crippen LogP contribution in [0.2, 0.25) is 0 Å². The minimum absolute atomic E-state index is 0.217. The van der Waals surface area contributed by atoms with Crippen LogP contribution in [0.4, 0.5) is 11.5 Å². The van der Waals surface area contributed by atoms with Crippen molar-refractivity contribution in [1.82, 2.24) is 4.98 Å². The molecule has 2 fully saturated rings. The average molecular weight is 277 g/mol. The number of aromatic nitrogens is 1. The van der Waals surface area contributed by atoms with Gasteiger partial charge in [0.15, 0.2) is 0 Å². The fraction of sp³-hybridized carbons (Fsp3) is 0.667. The van der Waals surface area contributed by atoms with Crippen molar-refractivity contribution in [2.75, 3.05) is 30.3 Å². The van der Waals surface area contributed by atoms with Crippen LogP contribution in [0, 0.1) is 5.92 Å². The van der Waals surface area contributed by atoms with E-state index in [1.807, 2.05) is 12.1 Å². The summed E-state index contributed by atoms with van der Waals surface area (Å²) in [5.74, 6) is 2.19. The lowest BCUT2D eigenvalue weighted by Gasteiger charge is -2.36. The third-order valence-corrected chi connectivity index (χ3v) is 3.77. The van der Waals surface area contributed by atoms with Gasteiger partial charge in [-0.3, -0.25) is 0 Å². The number of nitrogens with two attached hydrogens (primary N) is 1. The third-order valence-electron chi connectivity index (χ3n) is 3.77. The van der Waals surface area contributed by atoms with Crippen LogP contribution in [0.5, 0.6) is 5.88 Å². The Morgan fingerprint density at radius 2 is 2.00 bits per heavy atom. The van der Waals surface area contributed by atoms with E-state index in [9.17, 15) is 0 Å². The second kappa shape index (κ2) is 5.48. The summed E-state index contributed by atoms with van der Waals surface area (Å²) in [6.07, 6.45) is 2.96. The predicted octanol–water partition coefficient (Wildman–Crippen LogP) is 2.07. The van der Waals surface area contributed by atoms with Crippen LogP contribution in [0.25, 0.3) is 0 Å². The fourth-order valence-corrected chi connectivity index (χ4v) is 2.58. The van der Waals surface area contributed by atoms with Gasteiger partial charge in [0, 0.05) is 13.1 Å². The average Bonchev–Trinajstić information content (AvgIpc) is 3.20. The summed E-state index contributed by atoms with van der Waals surface area (Å²) >= 11 is 0. The standard InChI is InChI=1S/C15H23N3O2/c1-10-7-18(8-11(2)20-10)14-6-5-13(16)15(17-14)19-9-12-3-4-12/h5-6,10-12H,3-4,7-9,16H2,1-2H3. The number of nitrogens with zero attached hydrogens (tertiary/aromatic N) is 2. The van der Waals surface area contributed by atoms with E-state index in [2.05, 4.69) is 23.7 Å². The number of pyridine rings is 1. The van der Waals surface area contributed by atoms with E-state index in [0.717, 1.165) is 25.5 Å². The lowest BCUT2D eigenvalue weighted by Crippen LogP contribution is -2.45. The maximum Gasteiger partial charge on any atom is 0.239 e. The van der Waals surface area contributed by atoms with Gasteiger partial charge in [0.2, 0.25) is 5.88 Å². The van der Waals surface area contributed by atoms with Crippen molar-refractivity contribution >= 4 is 11.5 Å². The first-order valence-corrected chi connectivity index (χ1v) is 7.41. The molecule has 0 aromatic carbocycles. The molecule has 2 aliphatic rings. The van der Waals surface area contributed by atoms with E-state index in [0.29, 0.717) is 17.5 Å². The molecule has 5 nitrogen and oxygen atoms in total. The summed E-state index contributed by atoms with van der Waals surface area (Å²) in [4.78, 5) is 6.83. The van der Waals surface area contributed by atoms with Gasteiger partial charge >= 0.3 is 0 Å². The van der Waals surface area contributed by atoms with Crippen molar-refractivity contribution < 1.29 is 9.47 Å². The molecule has 2 N–H and O–H groups in total. The maximum absolute atomic E-state index is 5.95. The summed E-state index contributed by atoms with van der Waals surface area (Å²) in [6, 6.07) is 3.85. The quantitative estimate of drug-likeness (QED) is 0.913. The van der Waals surface area contributed by atoms with Crippen molar-refractivity contribution in [3.8, 4) is 5.88 Å². The van der Waals surface area contributed by atoms with Gasteiger partial charge in [-0.1, -0.05) is 0 Å². The first-order chi connectivity index (χ1) is 9.61. The number of rotatable bonds is 4. The van der Waals surface area contributed by atoms with E-state index < -0.39 is 0 Å². The number of nitrogen functional groups attached to an aromatic ring is 1. The third kappa shape index (κ3) is 3.15. The zero-order valence-corrected chi connectivity index (χ0v) is 12.2. The van der Waals surface area contributed by atoms with Crippen molar-refractivity contribution in [3.05, 3.63) is 12.1 Å². The molecule has 2 unspecified atom stereocenters. The Bertz CT molecular complexity index is 466. The molecule has 20 heavy (non-hydrogen) atoms. The van der Waals surface area contributed by atoms with E-state index in [4.69, 9.17) is 15.2 Å². The van der Waals surface area contributed by atoms with Crippen LogP contribution in [-0.4, -0.2) is 36.9 Å². The second-order valence-corrected chi connectivity index (χ2v) is 5.98. The lowest BCUT2D eigenvalue weighted by molar-refractivity contribution is -0.00549. The highest BCUT2D eigenvalue weighted by Crippen LogP contribution is 2.31. The fourth-order valence-electron chi connectivity index (χ4n) is 2.58. The Labute approximate surface area is 120 Å². The van der Waals surface area contributed by atoms with Gasteiger partial charge in [0.1, 0.15) is 5.82 Å². The molecule has 0 spiro atoms. The zero-order chi connectivity index (χ0) is 14.1. The van der Waals surface area contributed by atoms with Crippen LogP contribution in [0.15, 0.2) is 12.1 Å². The van der Waals surface area contributed by atoms with Crippen LogP contribution >= 0.6 is 0 Å². The minimum Gasteiger partial charge on any atom is -0.476 e. The highest BCUT2D eigenvalue weighted by molar-refractivity contribution is 5.54. The molecule has 1 aliphatic heterocycles. The van der Waals surface area contributed by atoms with Gasteiger partial charge in [-0.25, -0.2) is 0 Å². The van der Waals surface area contributed by atoms with Crippen LogP contribution in [-0.2, 0) is 4.74 Å². The molecule has 5 heteroatoms. The molecule has 1 aliphatic carbocycles. The number of hydrogen-bond acceptors (Lipinski definition) is 5. The number of morpholine rings is 1. The molecule has 0 radical (unpaired) electrons. The molecule has 110 valence electrons. The van der Waals surface area contributed by atoms with Gasteiger partial charge < -0.3 is 20.1 Å². The van der Waals surface area contributed by atoms with E-state index >= 15 is 0 Å². The number of anilines is 2. The molecule has 1 saturated heterocycles.